The van der Waals surface area contributed by atoms with Gasteiger partial charge in [-0.15, -0.1) is 0 Å². The van der Waals surface area contributed by atoms with E-state index in [1.807, 2.05) is 37.8 Å². The molecule has 0 aliphatic carbocycles. The Kier molecular flexibility index (Phi) is 3.24. The second kappa shape index (κ2) is 4.77. The Morgan fingerprint density at radius 2 is 1.95 bits per heavy atom. The Labute approximate surface area is 131 Å². The minimum absolute atomic E-state index is 0.242. The zero-order valence-corrected chi connectivity index (χ0v) is 14.0. The third-order valence-corrected chi connectivity index (χ3v) is 4.27. The second-order valence-corrected chi connectivity index (χ2v) is 7.47. The molecule has 0 atom stereocenters. The molecular weight excluding hydrogens is 276 g/mol. The van der Waals surface area contributed by atoms with Gasteiger partial charge in [-0.05, 0) is 40.7 Å². The maximum Gasteiger partial charge on any atom is 0.411 e. The largest absolute Gasteiger partial charge is 0.444 e. The van der Waals surface area contributed by atoms with Gasteiger partial charge in [0, 0.05) is 35.1 Å². The lowest BCUT2D eigenvalue weighted by atomic mass is 9.85. The maximum absolute atomic E-state index is 12.6. The van der Waals surface area contributed by atoms with E-state index in [1.54, 1.807) is 0 Å². The topological polar surface area (TPSA) is 45.3 Å². The normalized spacial score (nSPS) is 17.4. The Morgan fingerprint density at radius 3 is 2.64 bits per heavy atom. The molecule has 0 unspecified atom stereocenters. The van der Waals surface area contributed by atoms with Crippen molar-refractivity contribution in [2.24, 2.45) is 0 Å². The van der Waals surface area contributed by atoms with Gasteiger partial charge in [-0.3, -0.25) is 4.90 Å². The maximum atomic E-state index is 12.6. The lowest BCUT2D eigenvalue weighted by molar-refractivity contribution is -0.0000821. The number of fused-ring (bicyclic) bond motifs is 3. The third kappa shape index (κ3) is 2.36. The average molecular weight is 300 g/mol. The van der Waals surface area contributed by atoms with Gasteiger partial charge in [0.05, 0.1) is 5.54 Å². The van der Waals surface area contributed by atoms with Gasteiger partial charge >= 0.3 is 6.09 Å². The molecule has 0 fully saturated rings. The van der Waals surface area contributed by atoms with Crippen molar-refractivity contribution in [3.05, 3.63) is 35.5 Å². The number of nitrogens with one attached hydrogen (secondary N) is 1. The van der Waals surface area contributed by atoms with E-state index in [0.29, 0.717) is 6.54 Å². The summed E-state index contributed by atoms with van der Waals surface area (Å²) in [6.07, 6.45) is 0.584. The fraction of sp³-hybridized carbons (Fsp3) is 0.500. The quantitative estimate of drug-likeness (QED) is 0.792. The number of hydrogen-bond donors (Lipinski definition) is 1. The van der Waals surface area contributed by atoms with Crippen molar-refractivity contribution in [1.29, 1.82) is 0 Å². The molecule has 4 nitrogen and oxygen atoms in total. The standard InChI is InChI=1S/C18H24N2O2/c1-17(2,3)22-16(21)20-11-10-14-15(18(20,4)5)12-8-6-7-9-13(12)19-14/h6-9,19H,10-11H2,1-5H3. The van der Waals surface area contributed by atoms with Crippen LogP contribution < -0.4 is 0 Å². The highest BCUT2D eigenvalue weighted by Gasteiger charge is 2.41. The molecule has 118 valence electrons. The number of H-pyrrole nitrogens is 1. The van der Waals surface area contributed by atoms with E-state index in [2.05, 4.69) is 31.0 Å². The summed E-state index contributed by atoms with van der Waals surface area (Å²) in [4.78, 5) is 17.9. The van der Waals surface area contributed by atoms with Gasteiger partial charge < -0.3 is 9.72 Å². The zero-order chi connectivity index (χ0) is 16.1. The summed E-state index contributed by atoms with van der Waals surface area (Å²) in [6.45, 7) is 10.6. The smallest absolute Gasteiger partial charge is 0.411 e. The Bertz CT molecular complexity index is 722. The molecule has 1 aromatic carbocycles. The molecular formula is C18H24N2O2. The van der Waals surface area contributed by atoms with Gasteiger partial charge in [0.15, 0.2) is 0 Å². The number of aromatic amines is 1. The van der Waals surface area contributed by atoms with Crippen LogP contribution in [-0.2, 0) is 16.7 Å². The fourth-order valence-electron chi connectivity index (χ4n) is 3.36. The second-order valence-electron chi connectivity index (χ2n) is 7.47. The summed E-state index contributed by atoms with van der Waals surface area (Å²) in [5.41, 5.74) is 2.70. The van der Waals surface area contributed by atoms with Gasteiger partial charge in [0.2, 0.25) is 0 Å². The SMILES string of the molecule is CC(C)(C)OC(=O)N1CCc2[nH]c3ccccc3c2C1(C)C. The summed E-state index contributed by atoms with van der Waals surface area (Å²) in [7, 11) is 0. The van der Waals surface area contributed by atoms with E-state index in [1.165, 1.54) is 16.6 Å². The van der Waals surface area contributed by atoms with Crippen LogP contribution in [0.3, 0.4) is 0 Å². The van der Waals surface area contributed by atoms with Crippen LogP contribution in [0, 0.1) is 0 Å². The summed E-state index contributed by atoms with van der Waals surface area (Å²) in [6, 6.07) is 8.27. The molecule has 0 bridgehead atoms. The van der Waals surface area contributed by atoms with Crippen LogP contribution >= 0.6 is 0 Å². The molecule has 1 amide bonds. The van der Waals surface area contributed by atoms with E-state index in [-0.39, 0.29) is 6.09 Å². The van der Waals surface area contributed by atoms with Crippen LogP contribution in [-0.4, -0.2) is 28.1 Å². The van der Waals surface area contributed by atoms with Crippen molar-refractivity contribution in [2.75, 3.05) is 6.54 Å². The molecule has 0 radical (unpaired) electrons. The fourth-order valence-corrected chi connectivity index (χ4v) is 3.36. The van der Waals surface area contributed by atoms with Crippen LogP contribution in [0.15, 0.2) is 24.3 Å². The van der Waals surface area contributed by atoms with Crippen LogP contribution in [0.25, 0.3) is 10.9 Å². The van der Waals surface area contributed by atoms with E-state index in [0.717, 1.165) is 11.9 Å². The first-order valence-corrected chi connectivity index (χ1v) is 7.81. The number of rotatable bonds is 0. The number of ether oxygens (including phenoxy) is 1. The number of aromatic nitrogens is 1. The predicted molar refractivity (Wildman–Crippen MR) is 88.0 cm³/mol. The molecule has 1 aromatic heterocycles. The van der Waals surface area contributed by atoms with Gasteiger partial charge in [0.25, 0.3) is 0 Å². The van der Waals surface area contributed by atoms with Gasteiger partial charge in [-0.25, -0.2) is 4.79 Å². The molecule has 0 spiro atoms. The molecule has 0 saturated heterocycles. The number of para-hydroxylation sites is 1. The first-order chi connectivity index (χ1) is 10.2. The van der Waals surface area contributed by atoms with Crippen molar-refractivity contribution < 1.29 is 9.53 Å². The highest BCUT2D eigenvalue weighted by molar-refractivity contribution is 5.87. The molecule has 1 aliphatic heterocycles. The Balaban J connectivity index is 2.04. The monoisotopic (exact) mass is 300 g/mol. The van der Waals surface area contributed by atoms with Gasteiger partial charge in [-0.1, -0.05) is 18.2 Å². The number of hydrogen-bond acceptors (Lipinski definition) is 2. The molecule has 3 rings (SSSR count). The van der Waals surface area contributed by atoms with Gasteiger partial charge in [-0.2, -0.15) is 0 Å². The summed E-state index contributed by atoms with van der Waals surface area (Å²) < 4.78 is 5.59. The average Bonchev–Trinajstić information content (AvgIpc) is 2.75. The molecule has 1 N–H and O–H groups in total. The first-order valence-electron chi connectivity index (χ1n) is 7.81. The molecule has 1 aliphatic rings. The number of nitrogens with zero attached hydrogens (tertiary/aromatic N) is 1. The zero-order valence-electron chi connectivity index (χ0n) is 14.0. The van der Waals surface area contributed by atoms with E-state index < -0.39 is 11.1 Å². The number of carbonyl (C=O) groups is 1. The van der Waals surface area contributed by atoms with Crippen LogP contribution in [0.4, 0.5) is 4.79 Å². The summed E-state index contributed by atoms with van der Waals surface area (Å²) in [5.74, 6) is 0. The molecule has 4 heteroatoms. The van der Waals surface area contributed by atoms with E-state index >= 15 is 0 Å². The number of amides is 1. The van der Waals surface area contributed by atoms with Crippen LogP contribution in [0.2, 0.25) is 0 Å². The van der Waals surface area contributed by atoms with E-state index in [4.69, 9.17) is 4.74 Å². The third-order valence-electron chi connectivity index (χ3n) is 4.27. The van der Waals surface area contributed by atoms with Crippen LogP contribution in [0.1, 0.15) is 45.9 Å². The molecule has 2 heterocycles. The molecule has 2 aromatic rings. The highest BCUT2D eigenvalue weighted by Crippen LogP contribution is 2.40. The van der Waals surface area contributed by atoms with E-state index in [9.17, 15) is 4.79 Å². The van der Waals surface area contributed by atoms with Crippen molar-refractivity contribution in [2.45, 2.75) is 52.2 Å². The predicted octanol–water partition coefficient (Wildman–Crippen LogP) is 4.20. The van der Waals surface area contributed by atoms with Crippen LogP contribution in [0.5, 0.6) is 0 Å². The van der Waals surface area contributed by atoms with Gasteiger partial charge in [0.1, 0.15) is 5.60 Å². The number of carbonyl (C=O) groups excluding carboxylic acids is 1. The van der Waals surface area contributed by atoms with Crippen molar-refractivity contribution in [1.82, 2.24) is 9.88 Å². The highest BCUT2D eigenvalue weighted by atomic mass is 16.6. The first kappa shape index (κ1) is 14.9. The van der Waals surface area contributed by atoms with Crippen molar-refractivity contribution >= 4 is 17.0 Å². The van der Waals surface area contributed by atoms with Crippen molar-refractivity contribution in [3.8, 4) is 0 Å². The molecule has 22 heavy (non-hydrogen) atoms. The number of benzene rings is 1. The Morgan fingerprint density at radius 1 is 1.27 bits per heavy atom. The summed E-state index contributed by atoms with van der Waals surface area (Å²) in [5, 5.41) is 1.19. The Hall–Kier alpha value is -1.97. The van der Waals surface area contributed by atoms with Crippen molar-refractivity contribution in [3.63, 3.8) is 0 Å². The molecule has 0 saturated carbocycles. The summed E-state index contributed by atoms with van der Waals surface area (Å²) >= 11 is 0. The lowest BCUT2D eigenvalue weighted by Crippen LogP contribution is -2.51. The minimum Gasteiger partial charge on any atom is -0.444 e. The minimum atomic E-state index is -0.479. The lowest BCUT2D eigenvalue weighted by Gasteiger charge is -2.43.